The highest BCUT2D eigenvalue weighted by atomic mass is 16.4. The molecule has 0 aromatic heterocycles. The largest absolute Gasteiger partial charge is 0.480 e. The van der Waals surface area contributed by atoms with Crippen molar-refractivity contribution in [3.63, 3.8) is 0 Å². The van der Waals surface area contributed by atoms with Gasteiger partial charge in [0.25, 0.3) is 5.91 Å². The molecule has 13 N–H and O–H groups in total. The van der Waals surface area contributed by atoms with E-state index in [4.69, 9.17) is 17.2 Å². The number of carbonyl (C=O) groups excluding carboxylic acids is 7. The lowest BCUT2D eigenvalue weighted by Crippen LogP contribution is -2.60. The summed E-state index contributed by atoms with van der Waals surface area (Å²) in [7, 11) is 0. The maximum Gasteiger partial charge on any atom is 0.326 e. The van der Waals surface area contributed by atoms with Gasteiger partial charge in [-0.25, -0.2) is 4.79 Å². The molecular formula is C51H70N12O9. The quantitative estimate of drug-likeness (QED) is 0.0280. The van der Waals surface area contributed by atoms with Crippen LogP contribution in [-0.2, 0) is 52.9 Å². The third-order valence-corrected chi connectivity index (χ3v) is 12.4. The van der Waals surface area contributed by atoms with Crippen molar-refractivity contribution in [2.45, 2.75) is 108 Å². The maximum absolute atomic E-state index is 14.4. The predicted molar refractivity (Wildman–Crippen MR) is 269 cm³/mol. The minimum absolute atomic E-state index is 0.00861. The SMILES string of the molecule is CC(C)C[C@H](NC(=O)[C@H](CCCN=C(N)N)NC(=O)c1ccc(CN2CCNCC2)cc1)C(=O)N[C@@H](CC(N)=O)C(=O)N1CCC[C@@H]1C(=O)N[C@H](Cc1ccccc1)C(=O)N[C@@H](Cc1ccccc1)C(=O)O. The Kier molecular flexibility index (Phi) is 21.5. The summed E-state index contributed by atoms with van der Waals surface area (Å²) in [5, 5.41) is 26.8. The van der Waals surface area contributed by atoms with E-state index in [0.717, 1.165) is 38.3 Å². The van der Waals surface area contributed by atoms with E-state index in [2.05, 4.69) is 41.8 Å². The van der Waals surface area contributed by atoms with Gasteiger partial charge in [-0.3, -0.25) is 43.5 Å². The van der Waals surface area contributed by atoms with Gasteiger partial charge in [0.1, 0.15) is 36.3 Å². The monoisotopic (exact) mass is 995 g/mol. The second-order valence-electron chi connectivity index (χ2n) is 18.6. The van der Waals surface area contributed by atoms with Gasteiger partial charge in [-0.1, -0.05) is 86.6 Å². The second-order valence-corrected chi connectivity index (χ2v) is 18.6. The number of carbonyl (C=O) groups is 8. The van der Waals surface area contributed by atoms with Crippen LogP contribution in [0.2, 0.25) is 0 Å². The molecule has 2 heterocycles. The summed E-state index contributed by atoms with van der Waals surface area (Å²) in [6, 6.07) is 17.0. The number of nitrogens with two attached hydrogens (primary N) is 3. The number of rotatable bonds is 26. The van der Waals surface area contributed by atoms with Gasteiger partial charge in [-0.05, 0) is 66.8 Å². The zero-order valence-electron chi connectivity index (χ0n) is 41.0. The summed E-state index contributed by atoms with van der Waals surface area (Å²) in [5.41, 5.74) is 19.3. The standard InChI is InChI=1S/C51H70N12O9/c1-32(2)27-38(58-45(66)37(15-9-21-56-51(53)54)57-44(65)36-19-17-35(18-20-36)31-62-25-22-55-23-26-62)46(67)60-40(30-43(52)64)49(70)63-24-10-16-42(63)48(69)59-39(28-33-11-5-3-6-12-33)47(68)61-41(50(71)72)29-34-13-7-4-8-14-34/h3-8,11-14,17-20,32,37-42,55H,9-10,15-16,21-31H2,1-2H3,(H2,52,64)(H,57,65)(H,58,66)(H,59,69)(H,60,67)(H,61,68)(H,71,72)(H4,53,54,56)/t37-,38-,39+,40-,41-,42+/m0/s1. The van der Waals surface area contributed by atoms with Gasteiger partial charge in [-0.15, -0.1) is 0 Å². The molecule has 3 aromatic rings. The average Bonchev–Trinajstić information content (AvgIpc) is 3.85. The molecule has 0 saturated carbocycles. The first-order valence-corrected chi connectivity index (χ1v) is 24.5. The van der Waals surface area contributed by atoms with Crippen LogP contribution in [0.25, 0.3) is 0 Å². The smallest absolute Gasteiger partial charge is 0.326 e. The van der Waals surface area contributed by atoms with E-state index in [1.807, 2.05) is 26.0 Å². The van der Waals surface area contributed by atoms with E-state index in [-0.39, 0.29) is 63.5 Å². The first kappa shape index (κ1) is 55.5. The van der Waals surface area contributed by atoms with E-state index in [1.165, 1.54) is 4.90 Å². The Morgan fingerprint density at radius 3 is 1.83 bits per heavy atom. The number of guanidine groups is 1. The minimum atomic E-state index is -1.56. The summed E-state index contributed by atoms with van der Waals surface area (Å²) < 4.78 is 0. The van der Waals surface area contributed by atoms with Crippen LogP contribution in [0.15, 0.2) is 89.9 Å². The van der Waals surface area contributed by atoms with E-state index < -0.39 is 90.0 Å². The lowest BCUT2D eigenvalue weighted by molar-refractivity contribution is -0.144. The highest BCUT2D eigenvalue weighted by Gasteiger charge is 2.41. The van der Waals surface area contributed by atoms with Gasteiger partial charge in [0, 0.05) is 64.2 Å². The van der Waals surface area contributed by atoms with Crippen LogP contribution in [0.5, 0.6) is 0 Å². The third-order valence-electron chi connectivity index (χ3n) is 12.4. The lowest BCUT2D eigenvalue weighted by Gasteiger charge is -2.31. The Balaban J connectivity index is 1.29. The van der Waals surface area contributed by atoms with Crippen LogP contribution in [0.3, 0.4) is 0 Å². The first-order chi connectivity index (χ1) is 34.5. The zero-order chi connectivity index (χ0) is 52.2. The lowest BCUT2D eigenvalue weighted by atomic mass is 10.0. The number of piperazine rings is 1. The molecule has 2 aliphatic rings. The Bertz CT molecular complexity index is 2340. The zero-order valence-corrected chi connectivity index (χ0v) is 41.0. The van der Waals surface area contributed by atoms with Crippen LogP contribution in [-0.4, -0.2) is 144 Å². The molecule has 0 radical (unpaired) electrons. The Morgan fingerprint density at radius 1 is 0.681 bits per heavy atom. The van der Waals surface area contributed by atoms with Gasteiger partial charge in [-0.2, -0.15) is 0 Å². The third kappa shape index (κ3) is 17.8. The fourth-order valence-electron chi connectivity index (χ4n) is 8.70. The number of primary amides is 1. The fraction of sp³-hybridized carbons (Fsp3) is 0.471. The van der Waals surface area contributed by atoms with Crippen molar-refractivity contribution < 1.29 is 43.5 Å². The van der Waals surface area contributed by atoms with Gasteiger partial charge in [0.05, 0.1) is 6.42 Å². The van der Waals surface area contributed by atoms with Crippen molar-refractivity contribution in [3.8, 4) is 0 Å². The van der Waals surface area contributed by atoms with Crippen LogP contribution < -0.4 is 49.1 Å². The maximum atomic E-state index is 14.4. The molecular weight excluding hydrogens is 925 g/mol. The molecule has 21 nitrogen and oxygen atoms in total. The van der Waals surface area contributed by atoms with Crippen LogP contribution >= 0.6 is 0 Å². The fourth-order valence-corrected chi connectivity index (χ4v) is 8.70. The number of hydrogen-bond acceptors (Lipinski definition) is 11. The molecule has 0 aliphatic carbocycles. The molecule has 2 aliphatic heterocycles. The molecule has 0 unspecified atom stereocenters. The Hall–Kier alpha value is -7.39. The van der Waals surface area contributed by atoms with E-state index >= 15 is 0 Å². The molecule has 0 bridgehead atoms. The van der Waals surface area contributed by atoms with Crippen molar-refractivity contribution in [2.24, 2.45) is 28.1 Å². The summed E-state index contributed by atoms with van der Waals surface area (Å²) in [5.74, 6) is -6.80. The molecule has 2 saturated heterocycles. The number of amides is 7. The molecule has 0 spiro atoms. The normalized spacial score (nSPS) is 16.8. The summed E-state index contributed by atoms with van der Waals surface area (Å²) in [6.45, 7) is 8.20. The minimum Gasteiger partial charge on any atom is -0.480 e. The highest BCUT2D eigenvalue weighted by Crippen LogP contribution is 2.21. The number of aliphatic carboxylic acids is 1. The van der Waals surface area contributed by atoms with Crippen LogP contribution in [0, 0.1) is 5.92 Å². The average molecular weight is 995 g/mol. The predicted octanol–water partition coefficient (Wildman–Crippen LogP) is -0.335. The number of benzene rings is 3. The summed E-state index contributed by atoms with van der Waals surface area (Å²) in [4.78, 5) is 117. The van der Waals surface area contributed by atoms with Crippen LogP contribution in [0.4, 0.5) is 0 Å². The van der Waals surface area contributed by atoms with Crippen molar-refractivity contribution >= 4 is 53.3 Å². The number of hydrogen-bond donors (Lipinski definition) is 10. The van der Waals surface area contributed by atoms with Gasteiger partial charge >= 0.3 is 5.97 Å². The molecule has 7 amide bonds. The number of nitrogens with one attached hydrogen (secondary N) is 6. The molecule has 2 fully saturated rings. The molecule has 388 valence electrons. The van der Waals surface area contributed by atoms with Gasteiger partial charge in [0.15, 0.2) is 5.96 Å². The molecule has 6 atom stereocenters. The first-order valence-electron chi connectivity index (χ1n) is 24.5. The topological polar surface area (TPSA) is 326 Å². The van der Waals surface area contributed by atoms with Crippen molar-refractivity contribution in [1.82, 2.24) is 41.7 Å². The molecule has 72 heavy (non-hydrogen) atoms. The Labute approximate surface area is 419 Å². The number of carboxylic acid groups (broad SMARTS) is 1. The van der Waals surface area contributed by atoms with E-state index in [9.17, 15) is 43.5 Å². The number of likely N-dealkylation sites (tertiary alicyclic amines) is 1. The van der Waals surface area contributed by atoms with E-state index in [1.54, 1.807) is 72.8 Å². The molecule has 3 aromatic carbocycles. The highest BCUT2D eigenvalue weighted by molar-refractivity contribution is 6.00. The van der Waals surface area contributed by atoms with Gasteiger partial charge < -0.3 is 59.1 Å². The van der Waals surface area contributed by atoms with E-state index in [0.29, 0.717) is 23.1 Å². The van der Waals surface area contributed by atoms with Crippen LogP contribution in [0.1, 0.15) is 79.4 Å². The molecule has 21 heteroatoms. The van der Waals surface area contributed by atoms with Crippen molar-refractivity contribution in [1.29, 1.82) is 0 Å². The number of aliphatic imine (C=N–C) groups is 1. The summed E-state index contributed by atoms with van der Waals surface area (Å²) >= 11 is 0. The number of carboxylic acids is 1. The Morgan fingerprint density at radius 2 is 1.25 bits per heavy atom. The van der Waals surface area contributed by atoms with Crippen molar-refractivity contribution in [3.05, 3.63) is 107 Å². The summed E-state index contributed by atoms with van der Waals surface area (Å²) in [6.07, 6.45) is 0.326. The van der Waals surface area contributed by atoms with Gasteiger partial charge in [0.2, 0.25) is 35.4 Å². The van der Waals surface area contributed by atoms with Crippen molar-refractivity contribution in [2.75, 3.05) is 39.3 Å². The molecule has 5 rings (SSSR count). The second kappa shape index (κ2) is 27.9. The number of nitrogens with zero attached hydrogens (tertiary/aromatic N) is 3.